The monoisotopic (exact) mass is 323 g/mol. The van der Waals surface area contributed by atoms with Gasteiger partial charge in [0.2, 0.25) is 0 Å². The van der Waals surface area contributed by atoms with E-state index in [2.05, 4.69) is 62.4 Å². The van der Waals surface area contributed by atoms with Gasteiger partial charge in [0.15, 0.2) is 0 Å². The predicted octanol–water partition coefficient (Wildman–Crippen LogP) is 0.131. The van der Waals surface area contributed by atoms with Crippen LogP contribution in [0.4, 0.5) is 0 Å². The molecule has 0 heterocycles. The smallest absolute Gasteiger partial charge is 0.103 e. The second kappa shape index (κ2) is 9.09. The third-order valence-corrected chi connectivity index (χ3v) is 3.79. The van der Waals surface area contributed by atoms with Gasteiger partial charge in [0.25, 0.3) is 0 Å². The van der Waals surface area contributed by atoms with Crippen LogP contribution < -0.4 is 17.3 Å². The van der Waals surface area contributed by atoms with Crippen LogP contribution in [0, 0.1) is 13.8 Å². The Balaban J connectivity index is 0.00000220. The highest BCUT2D eigenvalue weighted by atomic mass is 35.5. The number of hydrogen-bond donors (Lipinski definition) is 1. The fraction of sp³-hybridized carbons (Fsp3) is 0.333. The van der Waals surface area contributed by atoms with Crippen molar-refractivity contribution in [2.75, 3.05) is 12.4 Å². The van der Waals surface area contributed by atoms with Gasteiger partial charge >= 0.3 is 0 Å². The Bertz CT molecular complexity index is 472. The molecule has 0 spiro atoms. The first-order valence-electron chi connectivity index (χ1n) is 7.18. The molecule has 0 saturated carbocycles. The Hall–Kier alpha value is -1.02. The summed E-state index contributed by atoms with van der Waals surface area (Å²) in [6.45, 7) is 7.30. The first kappa shape index (κ1) is 18.0. The summed E-state index contributed by atoms with van der Waals surface area (Å²) in [5.41, 5.74) is 5.38. The van der Waals surface area contributed by atoms with Crippen molar-refractivity contribution < 1.29 is 17.3 Å². The van der Waals surface area contributed by atoms with Crippen LogP contribution in [0.15, 0.2) is 48.5 Å². The Morgan fingerprint density at radius 2 is 1.14 bits per heavy atom. The number of nitrogens with one attached hydrogen (secondary N) is 1. The van der Waals surface area contributed by atoms with E-state index in [1.165, 1.54) is 27.2 Å². The van der Waals surface area contributed by atoms with E-state index >= 15 is 0 Å². The summed E-state index contributed by atoms with van der Waals surface area (Å²) in [7, 11) is 0. The molecule has 114 valence electrons. The van der Waals surface area contributed by atoms with E-state index in [1.807, 2.05) is 0 Å². The van der Waals surface area contributed by atoms with E-state index in [0.717, 1.165) is 19.6 Å². The van der Waals surface area contributed by atoms with E-state index in [1.54, 1.807) is 0 Å². The molecule has 3 heteroatoms. The SMILES string of the molecule is Cc1ccc(C[NH+](CCCl)Cc2ccc(C)cc2)cc1.[Cl-]. The molecule has 0 saturated heterocycles. The van der Waals surface area contributed by atoms with Gasteiger partial charge < -0.3 is 17.3 Å². The number of hydrogen-bond acceptors (Lipinski definition) is 0. The zero-order valence-electron chi connectivity index (χ0n) is 12.7. The minimum absolute atomic E-state index is 0. The van der Waals surface area contributed by atoms with Gasteiger partial charge in [-0.25, -0.2) is 0 Å². The molecule has 0 aliphatic heterocycles. The zero-order valence-corrected chi connectivity index (χ0v) is 14.2. The molecule has 0 amide bonds. The van der Waals surface area contributed by atoms with Crippen molar-refractivity contribution in [3.8, 4) is 0 Å². The Labute approximate surface area is 139 Å². The summed E-state index contributed by atoms with van der Waals surface area (Å²) < 4.78 is 0. The molecule has 0 fully saturated rings. The van der Waals surface area contributed by atoms with Crippen molar-refractivity contribution in [1.29, 1.82) is 0 Å². The number of alkyl halides is 1. The van der Waals surface area contributed by atoms with Crippen LogP contribution in [0.25, 0.3) is 0 Å². The van der Waals surface area contributed by atoms with Crippen LogP contribution in [-0.2, 0) is 13.1 Å². The third kappa shape index (κ3) is 6.09. The lowest BCUT2D eigenvalue weighted by atomic mass is 10.1. The molecular weight excluding hydrogens is 301 g/mol. The lowest BCUT2D eigenvalue weighted by Crippen LogP contribution is -3.09. The summed E-state index contributed by atoms with van der Waals surface area (Å²) in [5.74, 6) is 0.701. The number of benzene rings is 2. The lowest BCUT2D eigenvalue weighted by molar-refractivity contribution is -0.925. The molecule has 2 aromatic rings. The highest BCUT2D eigenvalue weighted by molar-refractivity contribution is 6.17. The van der Waals surface area contributed by atoms with Crippen LogP contribution in [-0.4, -0.2) is 12.4 Å². The van der Waals surface area contributed by atoms with E-state index in [9.17, 15) is 0 Å². The van der Waals surface area contributed by atoms with Gasteiger partial charge in [-0.2, -0.15) is 0 Å². The average molecular weight is 324 g/mol. The lowest BCUT2D eigenvalue weighted by Gasteiger charge is -2.19. The van der Waals surface area contributed by atoms with Crippen molar-refractivity contribution in [2.45, 2.75) is 26.9 Å². The van der Waals surface area contributed by atoms with Gasteiger partial charge in [0.1, 0.15) is 13.1 Å². The number of quaternary nitrogens is 1. The van der Waals surface area contributed by atoms with Crippen molar-refractivity contribution in [1.82, 2.24) is 0 Å². The van der Waals surface area contributed by atoms with Gasteiger partial charge in [0.05, 0.1) is 12.4 Å². The van der Waals surface area contributed by atoms with Crippen molar-refractivity contribution in [3.05, 3.63) is 70.8 Å². The minimum atomic E-state index is 0. The van der Waals surface area contributed by atoms with Crippen LogP contribution >= 0.6 is 11.6 Å². The summed E-state index contributed by atoms with van der Waals surface area (Å²) in [4.78, 5) is 1.51. The molecule has 0 bridgehead atoms. The molecule has 0 unspecified atom stereocenters. The first-order chi connectivity index (χ1) is 9.67. The highest BCUT2D eigenvalue weighted by Gasteiger charge is 2.10. The number of rotatable bonds is 6. The first-order valence-corrected chi connectivity index (χ1v) is 7.71. The van der Waals surface area contributed by atoms with Gasteiger partial charge in [-0.05, 0) is 13.8 Å². The maximum absolute atomic E-state index is 5.96. The van der Waals surface area contributed by atoms with Crippen molar-refractivity contribution in [3.63, 3.8) is 0 Å². The minimum Gasteiger partial charge on any atom is -1.00 e. The second-order valence-electron chi connectivity index (χ2n) is 5.51. The van der Waals surface area contributed by atoms with E-state index in [4.69, 9.17) is 11.6 Å². The maximum atomic E-state index is 5.96. The molecule has 0 aromatic heterocycles. The van der Waals surface area contributed by atoms with E-state index in [0.29, 0.717) is 5.88 Å². The quantitative estimate of drug-likeness (QED) is 0.721. The standard InChI is InChI=1S/C18H22ClN.ClH/c1-15-3-7-17(8-4-15)13-20(12-11-19)14-18-9-5-16(2)6-10-18;/h3-10H,11-14H2,1-2H3;1H. The topological polar surface area (TPSA) is 4.44 Å². The number of halogens is 2. The maximum Gasteiger partial charge on any atom is 0.103 e. The predicted molar refractivity (Wildman–Crippen MR) is 86.3 cm³/mol. The molecule has 0 aliphatic rings. The van der Waals surface area contributed by atoms with E-state index < -0.39 is 0 Å². The summed E-state index contributed by atoms with van der Waals surface area (Å²) >= 11 is 5.96. The summed E-state index contributed by atoms with van der Waals surface area (Å²) in [6.07, 6.45) is 0. The van der Waals surface area contributed by atoms with Crippen molar-refractivity contribution in [2.24, 2.45) is 0 Å². The Morgan fingerprint density at radius 1 is 0.762 bits per heavy atom. The molecule has 0 aliphatic carbocycles. The van der Waals surface area contributed by atoms with Crippen LogP contribution in [0.3, 0.4) is 0 Å². The average Bonchev–Trinajstić information content (AvgIpc) is 2.44. The Kier molecular flexibility index (Phi) is 7.81. The third-order valence-electron chi connectivity index (χ3n) is 3.60. The van der Waals surface area contributed by atoms with Crippen LogP contribution in [0.2, 0.25) is 0 Å². The zero-order chi connectivity index (χ0) is 14.4. The van der Waals surface area contributed by atoms with Crippen LogP contribution in [0.1, 0.15) is 22.3 Å². The molecule has 0 radical (unpaired) electrons. The molecule has 2 rings (SSSR count). The molecule has 0 atom stereocenters. The van der Waals surface area contributed by atoms with Gasteiger partial charge in [-0.15, -0.1) is 11.6 Å². The molecule has 1 N–H and O–H groups in total. The van der Waals surface area contributed by atoms with Gasteiger partial charge in [0, 0.05) is 11.1 Å². The summed E-state index contributed by atoms with van der Waals surface area (Å²) in [5, 5.41) is 0. The van der Waals surface area contributed by atoms with Crippen LogP contribution in [0.5, 0.6) is 0 Å². The number of aryl methyl sites for hydroxylation is 2. The highest BCUT2D eigenvalue weighted by Crippen LogP contribution is 2.03. The van der Waals surface area contributed by atoms with Gasteiger partial charge in [-0.3, -0.25) is 0 Å². The fourth-order valence-corrected chi connectivity index (χ4v) is 2.63. The normalized spacial score (nSPS) is 10.5. The van der Waals surface area contributed by atoms with Crippen molar-refractivity contribution >= 4 is 11.6 Å². The molecular formula is C18H23Cl2N. The molecule has 2 aromatic carbocycles. The fourth-order valence-electron chi connectivity index (χ4n) is 2.36. The molecule has 1 nitrogen and oxygen atoms in total. The largest absolute Gasteiger partial charge is 1.00 e. The summed E-state index contributed by atoms with van der Waals surface area (Å²) in [6, 6.07) is 17.6. The second-order valence-corrected chi connectivity index (χ2v) is 5.89. The van der Waals surface area contributed by atoms with Gasteiger partial charge in [-0.1, -0.05) is 59.7 Å². The molecule has 21 heavy (non-hydrogen) atoms. The van der Waals surface area contributed by atoms with E-state index in [-0.39, 0.29) is 12.4 Å². The Morgan fingerprint density at radius 3 is 1.48 bits per heavy atom.